The van der Waals surface area contributed by atoms with Gasteiger partial charge in [0, 0.05) is 12.5 Å². The number of ether oxygens (including phenoxy) is 3. The molecule has 0 rings (SSSR count). The number of esters is 3. The van der Waals surface area contributed by atoms with Crippen LogP contribution in [-0.2, 0) is 33.4 Å². The molecule has 0 aromatic rings. The second kappa shape index (κ2) is 18.2. The van der Waals surface area contributed by atoms with Gasteiger partial charge >= 0.3 is 17.9 Å². The SMILES string of the molecule is CCCC(CCCC(CCCC(C)(CC)C(=O)OCCN)C(=O)OCCOC(=O)C(C)C)C(N)=O. The van der Waals surface area contributed by atoms with Crippen molar-refractivity contribution < 1.29 is 33.4 Å². The third-order valence-electron chi connectivity index (χ3n) is 6.43. The van der Waals surface area contributed by atoms with Crippen molar-refractivity contribution in [1.29, 1.82) is 0 Å². The number of nitrogens with two attached hydrogens (primary N) is 2. The molecule has 0 radical (unpaired) electrons. The number of hydrogen-bond donors (Lipinski definition) is 2. The van der Waals surface area contributed by atoms with Crippen LogP contribution in [-0.4, -0.2) is 50.2 Å². The molecule has 4 N–H and O–H groups in total. The number of primary amides is 1. The van der Waals surface area contributed by atoms with Crippen molar-refractivity contribution in [1.82, 2.24) is 0 Å². The molecule has 0 saturated heterocycles. The molecule has 0 fully saturated rings. The Bertz CT molecular complexity index is 654. The third kappa shape index (κ3) is 13.5. The molecule has 0 aliphatic heterocycles. The molecule has 0 saturated carbocycles. The Hall–Kier alpha value is -2.16. The lowest BCUT2D eigenvalue weighted by Crippen LogP contribution is -2.31. The van der Waals surface area contributed by atoms with Gasteiger partial charge in [-0.2, -0.15) is 0 Å². The zero-order valence-electron chi connectivity index (χ0n) is 22.4. The van der Waals surface area contributed by atoms with Gasteiger partial charge in [0.25, 0.3) is 0 Å². The summed E-state index contributed by atoms with van der Waals surface area (Å²) in [6.45, 7) is 9.74. The van der Waals surface area contributed by atoms with Gasteiger partial charge < -0.3 is 25.7 Å². The predicted molar refractivity (Wildman–Crippen MR) is 134 cm³/mol. The van der Waals surface area contributed by atoms with Gasteiger partial charge in [0.1, 0.15) is 19.8 Å². The van der Waals surface area contributed by atoms with E-state index in [1.165, 1.54) is 0 Å². The Morgan fingerprint density at radius 1 is 0.800 bits per heavy atom. The largest absolute Gasteiger partial charge is 0.464 e. The second-order valence-corrected chi connectivity index (χ2v) is 9.74. The zero-order valence-corrected chi connectivity index (χ0v) is 22.4. The van der Waals surface area contributed by atoms with E-state index in [1.54, 1.807) is 13.8 Å². The molecule has 1 amide bonds. The summed E-state index contributed by atoms with van der Waals surface area (Å²) in [4.78, 5) is 48.5. The Kier molecular flexibility index (Phi) is 17.0. The van der Waals surface area contributed by atoms with Crippen molar-refractivity contribution in [3.63, 3.8) is 0 Å². The molecule has 0 aliphatic rings. The van der Waals surface area contributed by atoms with E-state index in [9.17, 15) is 19.2 Å². The van der Waals surface area contributed by atoms with Crippen molar-refractivity contribution in [3.05, 3.63) is 0 Å². The number of hydrogen-bond acceptors (Lipinski definition) is 8. The maximum atomic E-state index is 12.8. The average Bonchev–Trinajstić information content (AvgIpc) is 2.82. The molecule has 35 heavy (non-hydrogen) atoms. The minimum atomic E-state index is -0.646. The summed E-state index contributed by atoms with van der Waals surface area (Å²) in [6.07, 6.45) is 5.80. The lowest BCUT2D eigenvalue weighted by atomic mass is 9.81. The minimum absolute atomic E-state index is 0.00830. The van der Waals surface area contributed by atoms with Crippen LogP contribution < -0.4 is 11.5 Å². The Morgan fingerprint density at radius 3 is 1.89 bits per heavy atom. The summed E-state index contributed by atoms with van der Waals surface area (Å²) in [5.74, 6) is -2.12. The molecule has 0 bridgehead atoms. The van der Waals surface area contributed by atoms with Gasteiger partial charge in [-0.15, -0.1) is 0 Å². The summed E-state index contributed by atoms with van der Waals surface area (Å²) in [7, 11) is 0. The van der Waals surface area contributed by atoms with E-state index in [0.29, 0.717) is 44.9 Å². The van der Waals surface area contributed by atoms with E-state index in [1.807, 2.05) is 20.8 Å². The van der Waals surface area contributed by atoms with E-state index in [4.69, 9.17) is 25.7 Å². The van der Waals surface area contributed by atoms with Crippen LogP contribution in [0.25, 0.3) is 0 Å². The maximum absolute atomic E-state index is 12.8. The Labute approximate surface area is 211 Å². The molecule has 0 spiro atoms. The van der Waals surface area contributed by atoms with Crippen molar-refractivity contribution >= 4 is 23.8 Å². The molecule has 0 aromatic heterocycles. The van der Waals surface area contributed by atoms with Crippen molar-refractivity contribution in [3.8, 4) is 0 Å². The number of amides is 1. The van der Waals surface area contributed by atoms with Crippen molar-refractivity contribution in [2.24, 2.45) is 34.6 Å². The van der Waals surface area contributed by atoms with E-state index in [-0.39, 0.29) is 67.9 Å². The summed E-state index contributed by atoms with van der Waals surface area (Å²) in [5, 5.41) is 0. The standard InChI is InChI=1S/C26H48N2O7/c1-6-10-20(22(28)29)11-8-12-21(24(31)34-18-17-33-23(30)19(3)4)13-9-14-26(5,7-2)25(32)35-16-15-27/h19-21H,6-18,27H2,1-5H3,(H2,28,29). The lowest BCUT2D eigenvalue weighted by molar-refractivity contribution is -0.157. The maximum Gasteiger partial charge on any atom is 0.311 e. The predicted octanol–water partition coefficient (Wildman–Crippen LogP) is 3.51. The van der Waals surface area contributed by atoms with Gasteiger partial charge in [-0.25, -0.2) is 0 Å². The highest BCUT2D eigenvalue weighted by atomic mass is 16.6. The molecule has 0 aromatic carbocycles. The first-order valence-electron chi connectivity index (χ1n) is 13.0. The van der Waals surface area contributed by atoms with Crippen LogP contribution in [0.3, 0.4) is 0 Å². The molecule has 9 heteroatoms. The minimum Gasteiger partial charge on any atom is -0.464 e. The molecular weight excluding hydrogens is 452 g/mol. The highest BCUT2D eigenvalue weighted by Gasteiger charge is 2.33. The molecule has 204 valence electrons. The summed E-state index contributed by atoms with van der Waals surface area (Å²) in [5.41, 5.74) is 10.3. The van der Waals surface area contributed by atoms with Crippen molar-refractivity contribution in [2.75, 3.05) is 26.4 Å². The fourth-order valence-corrected chi connectivity index (χ4v) is 3.82. The topological polar surface area (TPSA) is 148 Å². The van der Waals surface area contributed by atoms with Crippen LogP contribution in [0.1, 0.15) is 92.4 Å². The first-order chi connectivity index (χ1) is 16.5. The van der Waals surface area contributed by atoms with Gasteiger partial charge in [-0.3, -0.25) is 19.2 Å². The molecule has 3 atom stereocenters. The van der Waals surface area contributed by atoms with Gasteiger partial charge in [0.15, 0.2) is 0 Å². The summed E-state index contributed by atoms with van der Waals surface area (Å²) >= 11 is 0. The fourth-order valence-electron chi connectivity index (χ4n) is 3.82. The lowest BCUT2D eigenvalue weighted by Gasteiger charge is -2.26. The van der Waals surface area contributed by atoms with Crippen molar-refractivity contribution in [2.45, 2.75) is 92.4 Å². The molecule has 3 unspecified atom stereocenters. The van der Waals surface area contributed by atoms with Crippen LogP contribution in [0.4, 0.5) is 0 Å². The number of carbonyl (C=O) groups is 4. The third-order valence-corrected chi connectivity index (χ3v) is 6.43. The van der Waals surface area contributed by atoms with Crippen LogP contribution in [0.5, 0.6) is 0 Å². The second-order valence-electron chi connectivity index (χ2n) is 9.74. The highest BCUT2D eigenvalue weighted by Crippen LogP contribution is 2.32. The first-order valence-corrected chi connectivity index (χ1v) is 13.0. The Balaban J connectivity index is 4.99. The first kappa shape index (κ1) is 32.8. The van der Waals surface area contributed by atoms with E-state index < -0.39 is 5.41 Å². The van der Waals surface area contributed by atoms with E-state index >= 15 is 0 Å². The molecule has 0 aliphatic carbocycles. The van der Waals surface area contributed by atoms with Crippen LogP contribution in [0.2, 0.25) is 0 Å². The smallest absolute Gasteiger partial charge is 0.311 e. The summed E-state index contributed by atoms with van der Waals surface area (Å²) in [6, 6.07) is 0. The average molecular weight is 501 g/mol. The van der Waals surface area contributed by atoms with Crippen LogP contribution in [0, 0.1) is 23.2 Å². The van der Waals surface area contributed by atoms with Gasteiger partial charge in [0.05, 0.1) is 17.3 Å². The van der Waals surface area contributed by atoms with Crippen LogP contribution >= 0.6 is 0 Å². The number of carbonyl (C=O) groups excluding carboxylic acids is 4. The van der Waals surface area contributed by atoms with E-state index in [2.05, 4.69) is 0 Å². The fraction of sp³-hybridized carbons (Fsp3) is 0.846. The summed E-state index contributed by atoms with van der Waals surface area (Å²) < 4.78 is 15.7. The van der Waals surface area contributed by atoms with Gasteiger partial charge in [-0.05, 0) is 45.4 Å². The normalized spacial score (nSPS) is 14.6. The quantitative estimate of drug-likeness (QED) is 0.147. The zero-order chi connectivity index (χ0) is 26.9. The monoisotopic (exact) mass is 500 g/mol. The Morgan fingerprint density at radius 2 is 1.37 bits per heavy atom. The van der Waals surface area contributed by atoms with Gasteiger partial charge in [-0.1, -0.05) is 47.0 Å². The van der Waals surface area contributed by atoms with Crippen LogP contribution in [0.15, 0.2) is 0 Å². The number of rotatable bonds is 20. The van der Waals surface area contributed by atoms with Gasteiger partial charge in [0.2, 0.25) is 5.91 Å². The van der Waals surface area contributed by atoms with E-state index in [0.717, 1.165) is 12.8 Å². The molecule has 0 heterocycles. The molecule has 9 nitrogen and oxygen atoms in total. The molecular formula is C26H48N2O7. The highest BCUT2D eigenvalue weighted by molar-refractivity contribution is 5.77.